The van der Waals surface area contributed by atoms with Crippen molar-refractivity contribution in [3.05, 3.63) is 182 Å². The van der Waals surface area contributed by atoms with Crippen molar-refractivity contribution in [2.75, 3.05) is 0 Å². The van der Waals surface area contributed by atoms with Crippen LogP contribution in [0.25, 0.3) is 115 Å². The van der Waals surface area contributed by atoms with Crippen molar-refractivity contribution in [3.63, 3.8) is 0 Å². The molecule has 4 aromatic heterocycles. The van der Waals surface area contributed by atoms with E-state index in [1.54, 1.807) is 11.3 Å². The van der Waals surface area contributed by atoms with Crippen molar-refractivity contribution in [2.24, 2.45) is 0 Å². The van der Waals surface area contributed by atoms with E-state index in [1.807, 2.05) is 60.7 Å². The van der Waals surface area contributed by atoms with Gasteiger partial charge in [0.05, 0.1) is 22.1 Å². The topological polar surface area (TPSA) is 56.7 Å². The Bertz CT molecular complexity index is 3420. The average molecular weight is 747 g/mol. The number of thiophene rings is 1. The minimum Gasteiger partial charge on any atom is -0.456 e. The number of aromatic nitrogens is 4. The van der Waals surface area contributed by atoms with Crippen molar-refractivity contribution in [2.45, 2.75) is 0 Å². The third-order valence-corrected chi connectivity index (χ3v) is 12.2. The van der Waals surface area contributed by atoms with Gasteiger partial charge in [-0.25, -0.2) is 15.0 Å². The molecule has 6 heteroatoms. The molecule has 0 saturated carbocycles. The van der Waals surface area contributed by atoms with Crippen molar-refractivity contribution < 1.29 is 4.42 Å². The molecule has 0 spiro atoms. The summed E-state index contributed by atoms with van der Waals surface area (Å²) in [6, 6.07) is 63.8. The summed E-state index contributed by atoms with van der Waals surface area (Å²) in [4.78, 5) is 14.9. The van der Waals surface area contributed by atoms with E-state index in [9.17, 15) is 0 Å². The lowest BCUT2D eigenvalue weighted by molar-refractivity contribution is 0.669. The summed E-state index contributed by atoms with van der Waals surface area (Å²) in [7, 11) is 0. The van der Waals surface area contributed by atoms with Crippen LogP contribution in [-0.4, -0.2) is 19.5 Å². The van der Waals surface area contributed by atoms with E-state index in [1.165, 1.54) is 42.0 Å². The maximum Gasteiger partial charge on any atom is 0.164 e. The normalized spacial score (nSPS) is 11.9. The second kappa shape index (κ2) is 12.6. The zero-order chi connectivity index (χ0) is 37.5. The van der Waals surface area contributed by atoms with Gasteiger partial charge in [0.15, 0.2) is 17.5 Å². The van der Waals surface area contributed by atoms with Gasteiger partial charge in [0.2, 0.25) is 0 Å². The zero-order valence-corrected chi connectivity index (χ0v) is 31.2. The molecule has 4 heterocycles. The summed E-state index contributed by atoms with van der Waals surface area (Å²) in [6.07, 6.45) is 0. The van der Waals surface area contributed by atoms with Crippen LogP contribution in [0, 0.1) is 0 Å². The number of hydrogen-bond donors (Lipinski definition) is 0. The van der Waals surface area contributed by atoms with Gasteiger partial charge in [-0.05, 0) is 59.7 Å². The largest absolute Gasteiger partial charge is 0.456 e. The van der Waals surface area contributed by atoms with Gasteiger partial charge in [0.1, 0.15) is 11.2 Å². The SMILES string of the molecule is c1ccc(-c2nc(-c3ccccc3)nc(-c3ccc4c(c3)sc3ccc(-c5cccc6oc7cccc(-n8c9ccccc9c9ccccc98)c7c56)cc34)n2)cc1. The first-order valence-corrected chi connectivity index (χ1v) is 19.8. The highest BCUT2D eigenvalue weighted by Crippen LogP contribution is 2.44. The molecule has 12 rings (SSSR count). The Labute approximate surface area is 330 Å². The van der Waals surface area contributed by atoms with Crippen molar-refractivity contribution in [1.29, 1.82) is 0 Å². The highest BCUT2D eigenvalue weighted by Gasteiger charge is 2.21. The van der Waals surface area contributed by atoms with Gasteiger partial charge in [-0.15, -0.1) is 11.3 Å². The van der Waals surface area contributed by atoms with Crippen LogP contribution < -0.4 is 0 Å². The lowest BCUT2D eigenvalue weighted by Crippen LogP contribution is -1.99. The Morgan fingerprint density at radius 2 is 0.965 bits per heavy atom. The van der Waals surface area contributed by atoms with Crippen LogP contribution >= 0.6 is 11.3 Å². The minimum atomic E-state index is 0.653. The molecule has 0 unspecified atom stereocenters. The Morgan fingerprint density at radius 3 is 1.65 bits per heavy atom. The molecular formula is C51H30N4OS. The summed E-state index contributed by atoms with van der Waals surface area (Å²) in [5.41, 5.74) is 10.4. The van der Waals surface area contributed by atoms with Gasteiger partial charge < -0.3 is 8.98 Å². The third kappa shape index (κ3) is 5.04. The van der Waals surface area contributed by atoms with Crippen LogP contribution in [0.1, 0.15) is 0 Å². The smallest absolute Gasteiger partial charge is 0.164 e. The first-order valence-electron chi connectivity index (χ1n) is 19.0. The fraction of sp³-hybridized carbons (Fsp3) is 0. The standard InChI is InChI=1S/C51H30N4OS/c1-3-13-31(14-4-1)49-52-50(32-15-5-2-6-16-32)54-51(53-49)34-25-27-38-39-29-33(26-28-45(39)57-46(38)30-34)35-19-11-23-43-47(35)48-42(22-12-24-44(48)56-43)55-40-20-9-7-17-36(40)37-18-8-10-21-41(37)55/h1-30H. The van der Waals surface area contributed by atoms with Gasteiger partial charge in [-0.2, -0.15) is 0 Å². The number of fused-ring (bicyclic) bond motifs is 9. The third-order valence-electron chi connectivity index (χ3n) is 11.1. The number of furan rings is 1. The van der Waals surface area contributed by atoms with Gasteiger partial charge in [-0.3, -0.25) is 0 Å². The fourth-order valence-electron chi connectivity index (χ4n) is 8.48. The first-order chi connectivity index (χ1) is 28.2. The number of nitrogens with zero attached hydrogens (tertiary/aromatic N) is 4. The van der Waals surface area contributed by atoms with Crippen LogP contribution in [0.4, 0.5) is 0 Å². The fourth-order valence-corrected chi connectivity index (χ4v) is 9.60. The predicted molar refractivity (Wildman–Crippen MR) is 236 cm³/mol. The highest BCUT2D eigenvalue weighted by atomic mass is 32.1. The number of benzene rings is 8. The first kappa shape index (κ1) is 31.9. The molecule has 0 aliphatic heterocycles. The van der Waals surface area contributed by atoms with E-state index in [4.69, 9.17) is 19.4 Å². The zero-order valence-electron chi connectivity index (χ0n) is 30.4. The summed E-state index contributed by atoms with van der Waals surface area (Å²) in [6.45, 7) is 0. The molecule has 266 valence electrons. The van der Waals surface area contributed by atoms with E-state index in [2.05, 4.69) is 126 Å². The molecule has 0 atom stereocenters. The summed E-state index contributed by atoms with van der Waals surface area (Å²) >= 11 is 1.79. The number of rotatable bonds is 5. The summed E-state index contributed by atoms with van der Waals surface area (Å²) < 4.78 is 11.4. The van der Waals surface area contributed by atoms with E-state index in [-0.39, 0.29) is 0 Å². The van der Waals surface area contributed by atoms with Crippen LogP contribution in [0.3, 0.4) is 0 Å². The van der Waals surface area contributed by atoms with E-state index in [0.717, 1.165) is 55.4 Å². The molecule has 0 radical (unpaired) electrons. The molecule has 0 aliphatic rings. The number of para-hydroxylation sites is 2. The molecule has 5 nitrogen and oxygen atoms in total. The molecule has 0 N–H and O–H groups in total. The Morgan fingerprint density at radius 1 is 0.386 bits per heavy atom. The molecule has 0 aliphatic carbocycles. The van der Waals surface area contributed by atoms with Gasteiger partial charge in [0.25, 0.3) is 0 Å². The maximum atomic E-state index is 6.62. The van der Waals surface area contributed by atoms with Crippen molar-refractivity contribution in [1.82, 2.24) is 19.5 Å². The molecule has 0 amide bonds. The van der Waals surface area contributed by atoms with Crippen LogP contribution in [-0.2, 0) is 0 Å². The second-order valence-corrected chi connectivity index (χ2v) is 15.4. The highest BCUT2D eigenvalue weighted by molar-refractivity contribution is 7.25. The molecular weight excluding hydrogens is 717 g/mol. The average Bonchev–Trinajstić information content (AvgIpc) is 3.96. The number of hydrogen-bond acceptors (Lipinski definition) is 5. The summed E-state index contributed by atoms with van der Waals surface area (Å²) in [5, 5.41) is 7.12. The van der Waals surface area contributed by atoms with E-state index < -0.39 is 0 Å². The Balaban J connectivity index is 1.02. The van der Waals surface area contributed by atoms with Crippen LogP contribution in [0.15, 0.2) is 186 Å². The summed E-state index contributed by atoms with van der Waals surface area (Å²) in [5.74, 6) is 1.96. The monoisotopic (exact) mass is 746 g/mol. The Kier molecular flexibility index (Phi) is 7.03. The second-order valence-electron chi connectivity index (χ2n) is 14.4. The molecule has 12 aromatic rings. The van der Waals surface area contributed by atoms with Crippen LogP contribution in [0.2, 0.25) is 0 Å². The predicted octanol–water partition coefficient (Wildman–Crippen LogP) is 13.9. The van der Waals surface area contributed by atoms with Gasteiger partial charge in [-0.1, -0.05) is 133 Å². The molecule has 8 aromatic carbocycles. The molecule has 0 saturated heterocycles. The van der Waals surface area contributed by atoms with Crippen LogP contribution in [0.5, 0.6) is 0 Å². The molecule has 0 fully saturated rings. The van der Waals surface area contributed by atoms with E-state index >= 15 is 0 Å². The van der Waals surface area contributed by atoms with Crippen molar-refractivity contribution >= 4 is 75.3 Å². The molecule has 0 bridgehead atoms. The lowest BCUT2D eigenvalue weighted by Gasteiger charge is -2.11. The van der Waals surface area contributed by atoms with Gasteiger partial charge >= 0.3 is 0 Å². The minimum absolute atomic E-state index is 0.653. The van der Waals surface area contributed by atoms with Gasteiger partial charge in [0, 0.05) is 53.0 Å². The quantitative estimate of drug-likeness (QED) is 0.176. The lowest BCUT2D eigenvalue weighted by atomic mass is 9.97. The Hall–Kier alpha value is -7.41. The van der Waals surface area contributed by atoms with E-state index in [0.29, 0.717) is 17.5 Å². The van der Waals surface area contributed by atoms with Crippen molar-refractivity contribution in [3.8, 4) is 51.0 Å². The molecule has 57 heavy (non-hydrogen) atoms. The maximum absolute atomic E-state index is 6.62.